The molecule has 0 saturated carbocycles. The fourth-order valence-electron chi connectivity index (χ4n) is 3.62. The van der Waals surface area contributed by atoms with E-state index in [1.165, 1.54) is 6.07 Å². The minimum absolute atomic E-state index is 0.280. The highest BCUT2D eigenvalue weighted by atomic mass is 35.5. The van der Waals surface area contributed by atoms with E-state index >= 15 is 0 Å². The second-order valence-electron chi connectivity index (χ2n) is 6.33. The number of hydrogen-bond donors (Lipinski definition) is 0. The van der Waals surface area contributed by atoms with Crippen LogP contribution >= 0.6 is 11.6 Å². The Hall–Kier alpha value is -1.13. The molecule has 2 saturated heterocycles. The topological polar surface area (TPSA) is 23.6 Å². The van der Waals surface area contributed by atoms with Crippen LogP contribution in [0.25, 0.3) is 0 Å². The zero-order valence-corrected chi connectivity index (χ0v) is 13.5. The molecule has 3 nitrogen and oxygen atoms in total. The number of benzene rings is 1. The molecule has 0 aliphatic carbocycles. The second kappa shape index (κ2) is 6.97. The van der Waals surface area contributed by atoms with Crippen molar-refractivity contribution in [3.8, 4) is 0 Å². The van der Waals surface area contributed by atoms with Gasteiger partial charge < -0.3 is 4.90 Å². The fourth-order valence-corrected chi connectivity index (χ4v) is 3.87. The molecule has 0 bridgehead atoms. The molecular formula is C17H22ClFN2O. The smallest absolute Gasteiger partial charge is 0.222 e. The van der Waals surface area contributed by atoms with Crippen LogP contribution in [-0.4, -0.2) is 41.4 Å². The number of amides is 1. The van der Waals surface area contributed by atoms with Crippen LogP contribution in [0, 0.1) is 5.82 Å². The SMILES string of the molecule is O=C1CCCN1C1CCCN(Cc2cc(F)cc(Cl)c2)CC1. The van der Waals surface area contributed by atoms with Crippen molar-refractivity contribution in [3.05, 3.63) is 34.6 Å². The number of nitrogens with zero attached hydrogens (tertiary/aromatic N) is 2. The fraction of sp³-hybridized carbons (Fsp3) is 0.588. The molecule has 22 heavy (non-hydrogen) atoms. The normalized spacial score (nSPS) is 23.8. The Bertz CT molecular complexity index is 531. The molecular weight excluding hydrogens is 303 g/mol. The van der Waals surface area contributed by atoms with Gasteiger partial charge in [-0.2, -0.15) is 0 Å². The highest BCUT2D eigenvalue weighted by Gasteiger charge is 2.29. The molecule has 2 heterocycles. The zero-order chi connectivity index (χ0) is 15.5. The van der Waals surface area contributed by atoms with Crippen molar-refractivity contribution < 1.29 is 9.18 Å². The standard InChI is InChI=1S/C17H22ClFN2O/c18-14-9-13(10-15(19)11-14)12-20-6-1-3-16(5-8-20)21-7-2-4-17(21)22/h9-11,16H,1-8,12H2. The third kappa shape index (κ3) is 3.79. The lowest BCUT2D eigenvalue weighted by Crippen LogP contribution is -2.37. The van der Waals surface area contributed by atoms with Gasteiger partial charge in [0.2, 0.25) is 5.91 Å². The molecule has 0 aromatic heterocycles. The summed E-state index contributed by atoms with van der Waals surface area (Å²) in [5.41, 5.74) is 0.917. The van der Waals surface area contributed by atoms with Gasteiger partial charge in [0, 0.05) is 37.1 Å². The Balaban J connectivity index is 1.59. The van der Waals surface area contributed by atoms with Crippen LogP contribution < -0.4 is 0 Å². The van der Waals surface area contributed by atoms with Gasteiger partial charge in [0.05, 0.1) is 0 Å². The highest BCUT2D eigenvalue weighted by molar-refractivity contribution is 6.30. The largest absolute Gasteiger partial charge is 0.340 e. The van der Waals surface area contributed by atoms with Crippen LogP contribution in [-0.2, 0) is 11.3 Å². The third-order valence-corrected chi connectivity index (χ3v) is 4.89. The molecule has 120 valence electrons. The van der Waals surface area contributed by atoms with Crippen LogP contribution in [0.15, 0.2) is 18.2 Å². The molecule has 1 aromatic carbocycles. The van der Waals surface area contributed by atoms with E-state index in [4.69, 9.17) is 11.6 Å². The number of hydrogen-bond acceptors (Lipinski definition) is 2. The molecule has 1 atom stereocenters. The number of likely N-dealkylation sites (tertiary alicyclic amines) is 2. The van der Waals surface area contributed by atoms with E-state index in [1.807, 2.05) is 6.07 Å². The van der Waals surface area contributed by atoms with E-state index in [2.05, 4.69) is 9.80 Å². The lowest BCUT2D eigenvalue weighted by molar-refractivity contribution is -0.129. The predicted molar refractivity (Wildman–Crippen MR) is 85.3 cm³/mol. The summed E-state index contributed by atoms with van der Waals surface area (Å²) < 4.78 is 13.4. The molecule has 2 aliphatic rings. The van der Waals surface area contributed by atoms with Gasteiger partial charge in [-0.05, 0) is 56.0 Å². The summed E-state index contributed by atoms with van der Waals surface area (Å²) in [6.07, 6.45) is 4.88. The summed E-state index contributed by atoms with van der Waals surface area (Å²) in [5.74, 6) is 0.0354. The van der Waals surface area contributed by atoms with Crippen molar-refractivity contribution in [1.82, 2.24) is 9.80 Å². The first-order valence-corrected chi connectivity index (χ1v) is 8.46. The average Bonchev–Trinajstić information content (AvgIpc) is 2.74. The van der Waals surface area contributed by atoms with Gasteiger partial charge in [-0.25, -0.2) is 4.39 Å². The van der Waals surface area contributed by atoms with Gasteiger partial charge in [-0.15, -0.1) is 0 Å². The van der Waals surface area contributed by atoms with Crippen molar-refractivity contribution in [2.75, 3.05) is 19.6 Å². The van der Waals surface area contributed by atoms with Gasteiger partial charge in [0.25, 0.3) is 0 Å². The minimum Gasteiger partial charge on any atom is -0.340 e. The molecule has 3 rings (SSSR count). The molecule has 0 radical (unpaired) electrons. The number of carbonyl (C=O) groups is 1. The second-order valence-corrected chi connectivity index (χ2v) is 6.77. The Morgan fingerprint density at radius 3 is 2.73 bits per heavy atom. The Morgan fingerprint density at radius 2 is 2.00 bits per heavy atom. The quantitative estimate of drug-likeness (QED) is 0.850. The number of halogens is 2. The Labute approximate surface area is 136 Å². The van der Waals surface area contributed by atoms with E-state index < -0.39 is 0 Å². The molecule has 1 amide bonds. The molecule has 0 N–H and O–H groups in total. The van der Waals surface area contributed by atoms with Gasteiger partial charge in [0.1, 0.15) is 5.82 Å². The summed E-state index contributed by atoms with van der Waals surface area (Å²) >= 11 is 5.92. The van der Waals surface area contributed by atoms with E-state index in [1.54, 1.807) is 6.07 Å². The van der Waals surface area contributed by atoms with E-state index in [0.29, 0.717) is 23.4 Å². The third-order valence-electron chi connectivity index (χ3n) is 4.67. The van der Waals surface area contributed by atoms with Gasteiger partial charge in [0.15, 0.2) is 0 Å². The van der Waals surface area contributed by atoms with Gasteiger partial charge in [-0.3, -0.25) is 9.69 Å². The molecule has 2 aliphatic heterocycles. The van der Waals surface area contributed by atoms with Crippen LogP contribution in [0.3, 0.4) is 0 Å². The lowest BCUT2D eigenvalue weighted by Gasteiger charge is -2.27. The van der Waals surface area contributed by atoms with Crippen LogP contribution in [0.4, 0.5) is 4.39 Å². The maximum Gasteiger partial charge on any atom is 0.222 e. The number of rotatable bonds is 3. The first-order chi connectivity index (χ1) is 10.6. The van der Waals surface area contributed by atoms with Crippen LogP contribution in [0.1, 0.15) is 37.7 Å². The van der Waals surface area contributed by atoms with Crippen molar-refractivity contribution in [2.45, 2.75) is 44.7 Å². The Kier molecular flexibility index (Phi) is 4.99. The van der Waals surface area contributed by atoms with E-state index in [0.717, 1.165) is 57.4 Å². The monoisotopic (exact) mass is 324 g/mol. The van der Waals surface area contributed by atoms with Crippen molar-refractivity contribution in [2.24, 2.45) is 0 Å². The summed E-state index contributed by atoms with van der Waals surface area (Å²) in [5, 5.41) is 0.449. The minimum atomic E-state index is -0.280. The van der Waals surface area contributed by atoms with Gasteiger partial charge in [-0.1, -0.05) is 11.6 Å². The molecule has 1 aromatic rings. The van der Waals surface area contributed by atoms with E-state index in [-0.39, 0.29) is 5.82 Å². The number of carbonyl (C=O) groups excluding carboxylic acids is 1. The van der Waals surface area contributed by atoms with Crippen molar-refractivity contribution >= 4 is 17.5 Å². The Morgan fingerprint density at radius 1 is 1.14 bits per heavy atom. The van der Waals surface area contributed by atoms with Gasteiger partial charge >= 0.3 is 0 Å². The maximum absolute atomic E-state index is 13.4. The first-order valence-electron chi connectivity index (χ1n) is 8.08. The maximum atomic E-state index is 13.4. The summed E-state index contributed by atoms with van der Waals surface area (Å²) in [7, 11) is 0. The average molecular weight is 325 g/mol. The van der Waals surface area contributed by atoms with Crippen molar-refractivity contribution in [3.63, 3.8) is 0 Å². The highest BCUT2D eigenvalue weighted by Crippen LogP contribution is 2.23. The summed E-state index contributed by atoms with van der Waals surface area (Å²) in [6.45, 7) is 3.58. The predicted octanol–water partition coefficient (Wildman–Crippen LogP) is 3.46. The molecule has 0 spiro atoms. The van der Waals surface area contributed by atoms with Crippen LogP contribution in [0.2, 0.25) is 5.02 Å². The lowest BCUT2D eigenvalue weighted by atomic mass is 10.1. The van der Waals surface area contributed by atoms with E-state index in [9.17, 15) is 9.18 Å². The van der Waals surface area contributed by atoms with Crippen LogP contribution in [0.5, 0.6) is 0 Å². The molecule has 2 fully saturated rings. The summed E-state index contributed by atoms with van der Waals surface area (Å²) in [6, 6.07) is 5.11. The van der Waals surface area contributed by atoms with Crippen molar-refractivity contribution in [1.29, 1.82) is 0 Å². The first kappa shape index (κ1) is 15.8. The summed E-state index contributed by atoms with van der Waals surface area (Å²) in [4.78, 5) is 16.3. The molecule has 5 heteroatoms. The zero-order valence-electron chi connectivity index (χ0n) is 12.7. The molecule has 1 unspecified atom stereocenters.